The molecule has 0 radical (unpaired) electrons. The summed E-state index contributed by atoms with van der Waals surface area (Å²) in [5.74, 6) is 0.0614. The minimum Gasteiger partial charge on any atom is -0.325 e. The highest BCUT2D eigenvalue weighted by Gasteiger charge is 2.21. The molecule has 3 rings (SSSR count). The van der Waals surface area contributed by atoms with Gasteiger partial charge in [0.25, 0.3) is 0 Å². The van der Waals surface area contributed by atoms with Crippen molar-refractivity contribution in [3.8, 4) is 0 Å². The smallest absolute Gasteiger partial charge is 0.241 e. The molecule has 1 amide bonds. The Morgan fingerprint density at radius 2 is 2.47 bits per heavy atom. The number of amides is 1. The van der Waals surface area contributed by atoms with E-state index in [1.165, 1.54) is 0 Å². The van der Waals surface area contributed by atoms with Gasteiger partial charge >= 0.3 is 0 Å². The van der Waals surface area contributed by atoms with Crippen LogP contribution in [0.1, 0.15) is 12.8 Å². The molecule has 2 aromatic rings. The molecule has 17 heavy (non-hydrogen) atoms. The van der Waals surface area contributed by atoms with Gasteiger partial charge in [-0.2, -0.15) is 0 Å². The van der Waals surface area contributed by atoms with Gasteiger partial charge in [-0.1, -0.05) is 0 Å². The first-order valence-electron chi connectivity index (χ1n) is 5.70. The number of rotatable bonds is 2. The number of hydrogen-bond donors (Lipinski definition) is 2. The van der Waals surface area contributed by atoms with Crippen LogP contribution >= 0.6 is 11.3 Å². The number of carbonyl (C=O) groups excluding carboxylic acids is 1. The zero-order chi connectivity index (χ0) is 11.7. The molecule has 4 nitrogen and oxygen atoms in total. The Hall–Kier alpha value is -1.46. The van der Waals surface area contributed by atoms with Gasteiger partial charge in [0.05, 0.1) is 21.8 Å². The second-order valence-corrected chi connectivity index (χ2v) is 5.06. The van der Waals surface area contributed by atoms with Crippen LogP contribution in [0.4, 0.5) is 5.69 Å². The molecular formula is C12H13N3OS. The first kappa shape index (κ1) is 10.7. The molecule has 1 saturated heterocycles. The third-order valence-electron chi connectivity index (χ3n) is 2.98. The highest BCUT2D eigenvalue weighted by atomic mass is 32.1. The molecule has 0 unspecified atom stereocenters. The van der Waals surface area contributed by atoms with E-state index in [2.05, 4.69) is 15.6 Å². The molecular weight excluding hydrogens is 234 g/mol. The lowest BCUT2D eigenvalue weighted by atomic mass is 10.2. The van der Waals surface area contributed by atoms with E-state index >= 15 is 0 Å². The number of benzene rings is 1. The Labute approximate surface area is 103 Å². The standard InChI is InChI=1S/C12H13N3OS/c16-12(10-2-1-5-13-10)15-8-3-4-9-11(6-8)17-7-14-9/h3-4,6-7,10,13H,1-2,5H2,(H,15,16)/t10-/m0/s1. The van der Waals surface area contributed by atoms with E-state index < -0.39 is 0 Å². The Morgan fingerprint density at radius 3 is 3.29 bits per heavy atom. The normalized spacial score (nSPS) is 19.6. The summed E-state index contributed by atoms with van der Waals surface area (Å²) in [4.78, 5) is 16.1. The van der Waals surface area contributed by atoms with Crippen molar-refractivity contribution in [3.63, 3.8) is 0 Å². The molecule has 0 aliphatic carbocycles. The molecule has 0 spiro atoms. The highest BCUT2D eigenvalue weighted by Crippen LogP contribution is 2.22. The van der Waals surface area contributed by atoms with Crippen LogP contribution in [-0.4, -0.2) is 23.5 Å². The molecule has 1 atom stereocenters. The van der Waals surface area contributed by atoms with Crippen molar-refractivity contribution in [2.24, 2.45) is 0 Å². The molecule has 1 aliphatic rings. The van der Waals surface area contributed by atoms with Crippen LogP contribution < -0.4 is 10.6 Å². The predicted molar refractivity (Wildman–Crippen MR) is 69.3 cm³/mol. The van der Waals surface area contributed by atoms with E-state index in [1.807, 2.05) is 23.7 Å². The molecule has 1 fully saturated rings. The first-order chi connectivity index (χ1) is 8.33. The number of hydrogen-bond acceptors (Lipinski definition) is 4. The van der Waals surface area contributed by atoms with Gasteiger partial charge in [0.2, 0.25) is 5.91 Å². The van der Waals surface area contributed by atoms with Gasteiger partial charge in [-0.25, -0.2) is 4.98 Å². The fraction of sp³-hybridized carbons (Fsp3) is 0.333. The monoisotopic (exact) mass is 247 g/mol. The number of nitrogens with zero attached hydrogens (tertiary/aromatic N) is 1. The van der Waals surface area contributed by atoms with E-state index in [-0.39, 0.29) is 11.9 Å². The summed E-state index contributed by atoms with van der Waals surface area (Å²) in [5, 5.41) is 6.13. The fourth-order valence-electron chi connectivity index (χ4n) is 2.07. The van der Waals surface area contributed by atoms with E-state index in [0.717, 1.165) is 35.3 Å². The Kier molecular flexibility index (Phi) is 2.78. The minimum atomic E-state index is -0.0350. The minimum absolute atomic E-state index is 0.0350. The quantitative estimate of drug-likeness (QED) is 0.853. The molecule has 88 valence electrons. The van der Waals surface area contributed by atoms with Gasteiger partial charge in [-0.3, -0.25) is 4.79 Å². The maximum absolute atomic E-state index is 11.9. The van der Waals surface area contributed by atoms with E-state index in [0.29, 0.717) is 0 Å². The molecule has 5 heteroatoms. The Balaban J connectivity index is 1.77. The third-order valence-corrected chi connectivity index (χ3v) is 3.77. The van der Waals surface area contributed by atoms with Crippen molar-refractivity contribution in [1.82, 2.24) is 10.3 Å². The summed E-state index contributed by atoms with van der Waals surface area (Å²) in [6.07, 6.45) is 2.00. The van der Waals surface area contributed by atoms with Crippen LogP contribution in [0.25, 0.3) is 10.2 Å². The largest absolute Gasteiger partial charge is 0.325 e. The lowest BCUT2D eigenvalue weighted by molar-refractivity contribution is -0.117. The van der Waals surface area contributed by atoms with Crippen LogP contribution in [0.5, 0.6) is 0 Å². The van der Waals surface area contributed by atoms with Crippen LogP contribution in [-0.2, 0) is 4.79 Å². The average Bonchev–Trinajstić information content (AvgIpc) is 2.99. The molecule has 1 aliphatic heterocycles. The van der Waals surface area contributed by atoms with Crippen molar-refractivity contribution in [2.45, 2.75) is 18.9 Å². The number of fused-ring (bicyclic) bond motifs is 1. The van der Waals surface area contributed by atoms with Crippen LogP contribution in [0.3, 0.4) is 0 Å². The summed E-state index contributed by atoms with van der Waals surface area (Å²) < 4.78 is 1.10. The number of aromatic nitrogens is 1. The number of anilines is 1. The zero-order valence-electron chi connectivity index (χ0n) is 9.27. The van der Waals surface area contributed by atoms with Crippen LogP contribution in [0, 0.1) is 0 Å². The second kappa shape index (κ2) is 4.43. The lowest BCUT2D eigenvalue weighted by Gasteiger charge is -2.10. The fourth-order valence-corrected chi connectivity index (χ4v) is 2.79. The first-order valence-corrected chi connectivity index (χ1v) is 6.58. The summed E-state index contributed by atoms with van der Waals surface area (Å²) in [5.41, 5.74) is 3.64. The van der Waals surface area contributed by atoms with Crippen molar-refractivity contribution in [1.29, 1.82) is 0 Å². The van der Waals surface area contributed by atoms with Crippen molar-refractivity contribution >= 4 is 33.1 Å². The number of nitrogens with one attached hydrogen (secondary N) is 2. The van der Waals surface area contributed by atoms with Gasteiger partial charge in [-0.05, 0) is 37.6 Å². The summed E-state index contributed by atoms with van der Waals surface area (Å²) >= 11 is 1.58. The third kappa shape index (κ3) is 2.16. The molecule has 2 N–H and O–H groups in total. The van der Waals surface area contributed by atoms with E-state index in [1.54, 1.807) is 11.3 Å². The molecule has 1 aromatic carbocycles. The predicted octanol–water partition coefficient (Wildman–Crippen LogP) is 1.99. The summed E-state index contributed by atoms with van der Waals surface area (Å²) in [6, 6.07) is 5.77. The van der Waals surface area contributed by atoms with Crippen molar-refractivity contribution in [3.05, 3.63) is 23.7 Å². The van der Waals surface area contributed by atoms with Gasteiger partial charge in [-0.15, -0.1) is 11.3 Å². The topological polar surface area (TPSA) is 54.0 Å². The molecule has 0 bridgehead atoms. The second-order valence-electron chi connectivity index (χ2n) is 4.17. The number of thiazole rings is 1. The van der Waals surface area contributed by atoms with Gasteiger partial charge in [0.15, 0.2) is 0 Å². The summed E-state index contributed by atoms with van der Waals surface area (Å²) in [6.45, 7) is 0.936. The molecule has 1 aromatic heterocycles. The Morgan fingerprint density at radius 1 is 1.53 bits per heavy atom. The SMILES string of the molecule is O=C(Nc1ccc2ncsc2c1)[C@@H]1CCCN1. The maximum Gasteiger partial charge on any atom is 0.241 e. The number of carbonyl (C=O) groups is 1. The van der Waals surface area contributed by atoms with E-state index in [4.69, 9.17) is 0 Å². The Bertz CT molecular complexity index is 545. The maximum atomic E-state index is 11.9. The van der Waals surface area contributed by atoms with Crippen LogP contribution in [0.2, 0.25) is 0 Å². The van der Waals surface area contributed by atoms with Gasteiger partial charge < -0.3 is 10.6 Å². The van der Waals surface area contributed by atoms with Gasteiger partial charge in [0.1, 0.15) is 0 Å². The van der Waals surface area contributed by atoms with Crippen molar-refractivity contribution < 1.29 is 4.79 Å². The zero-order valence-corrected chi connectivity index (χ0v) is 10.1. The van der Waals surface area contributed by atoms with Crippen LogP contribution in [0.15, 0.2) is 23.7 Å². The molecule has 0 saturated carbocycles. The highest BCUT2D eigenvalue weighted by molar-refractivity contribution is 7.16. The van der Waals surface area contributed by atoms with E-state index in [9.17, 15) is 4.79 Å². The van der Waals surface area contributed by atoms with Gasteiger partial charge in [0, 0.05) is 5.69 Å². The molecule has 2 heterocycles. The average molecular weight is 247 g/mol. The summed E-state index contributed by atoms with van der Waals surface area (Å²) in [7, 11) is 0. The van der Waals surface area contributed by atoms with Crippen molar-refractivity contribution in [2.75, 3.05) is 11.9 Å². The lowest BCUT2D eigenvalue weighted by Crippen LogP contribution is -2.35.